The highest BCUT2D eigenvalue weighted by Crippen LogP contribution is 2.26. The predicted octanol–water partition coefficient (Wildman–Crippen LogP) is 9.74. The lowest BCUT2D eigenvalue weighted by Gasteiger charge is -2.41. The molecule has 0 aromatic carbocycles. The molecule has 0 aromatic heterocycles. The maximum absolute atomic E-state index is 12.9. The number of rotatable bonds is 39. The third-order valence-corrected chi connectivity index (χ3v) is 10.6. The van der Waals surface area contributed by atoms with Gasteiger partial charge in [0, 0.05) is 13.0 Å². The van der Waals surface area contributed by atoms with Crippen molar-refractivity contribution in [1.29, 1.82) is 0 Å². The van der Waals surface area contributed by atoms with Gasteiger partial charge in [0.15, 0.2) is 6.29 Å². The molecule has 0 aliphatic carbocycles. The van der Waals surface area contributed by atoms with E-state index in [1.807, 2.05) is 0 Å². The number of carbonyl (C=O) groups is 1. The van der Waals surface area contributed by atoms with E-state index in [0.29, 0.717) is 13.0 Å². The van der Waals surface area contributed by atoms with Crippen LogP contribution in [0.5, 0.6) is 0 Å². The van der Waals surface area contributed by atoms with Gasteiger partial charge in [0.05, 0.1) is 19.8 Å². The summed E-state index contributed by atoms with van der Waals surface area (Å²) < 4.78 is 59.0. The number of aliphatic hydroxyl groups excluding tert-OH is 3. The average molecular weight is 871 g/mol. The molecule has 0 aromatic rings. The lowest BCUT2D eigenvalue weighted by Crippen LogP contribution is -2.60. The fourth-order valence-electron chi connectivity index (χ4n) is 6.66. The van der Waals surface area contributed by atoms with Crippen LogP contribution in [0.3, 0.4) is 0 Å². The molecule has 1 aliphatic heterocycles. The van der Waals surface area contributed by atoms with E-state index in [2.05, 4.69) is 78.8 Å². The average Bonchev–Trinajstić information content (AvgIpc) is 3.22. The van der Waals surface area contributed by atoms with Crippen LogP contribution in [-0.4, -0.2) is 97.5 Å². The molecule has 0 bridgehead atoms. The molecule has 1 heterocycles. The molecule has 1 rings (SSSR count). The topological polar surface area (TPSA) is 178 Å². The molecule has 6 atom stereocenters. The third kappa shape index (κ3) is 31.6. The Morgan fingerprint density at radius 1 is 0.650 bits per heavy atom. The Hall–Kier alpha value is -2.20. The van der Waals surface area contributed by atoms with Crippen LogP contribution in [0.25, 0.3) is 0 Å². The van der Waals surface area contributed by atoms with E-state index in [0.717, 1.165) is 89.9 Å². The van der Waals surface area contributed by atoms with Gasteiger partial charge >= 0.3 is 16.4 Å². The molecule has 6 unspecified atom stereocenters. The molecule has 0 radical (unpaired) electrons. The number of carbonyl (C=O) groups excluding carboxylic acids is 1. The molecule has 13 heteroatoms. The van der Waals surface area contributed by atoms with Crippen molar-refractivity contribution in [2.24, 2.45) is 0 Å². The van der Waals surface area contributed by atoms with Gasteiger partial charge in [0.25, 0.3) is 0 Å². The molecule has 348 valence electrons. The van der Waals surface area contributed by atoms with Gasteiger partial charge in [-0.15, -0.1) is 0 Å². The number of unbranched alkanes of at least 4 members (excludes halogenated alkanes) is 16. The van der Waals surface area contributed by atoms with Crippen LogP contribution in [0.2, 0.25) is 0 Å². The minimum Gasteiger partial charge on any atom is -0.457 e. The summed E-state index contributed by atoms with van der Waals surface area (Å²) in [7, 11) is -5.07. The van der Waals surface area contributed by atoms with Gasteiger partial charge in [-0.05, 0) is 77.0 Å². The summed E-state index contributed by atoms with van der Waals surface area (Å²) in [6, 6.07) is 0. The minimum absolute atomic E-state index is 0.0234. The highest BCUT2D eigenvalue weighted by atomic mass is 32.3. The Bertz CT molecular complexity index is 1280. The van der Waals surface area contributed by atoms with Crippen molar-refractivity contribution in [2.75, 3.05) is 26.4 Å². The van der Waals surface area contributed by atoms with Crippen LogP contribution >= 0.6 is 0 Å². The Morgan fingerprint density at radius 3 is 1.70 bits per heavy atom. The van der Waals surface area contributed by atoms with E-state index in [1.54, 1.807) is 0 Å². The first kappa shape index (κ1) is 55.8. The fraction of sp³-hybridized carbons (Fsp3) is 0.766. The van der Waals surface area contributed by atoms with Crippen molar-refractivity contribution in [3.8, 4) is 0 Å². The number of esters is 1. The number of ether oxygens (including phenoxy) is 4. The highest BCUT2D eigenvalue weighted by molar-refractivity contribution is 7.80. The fourth-order valence-corrected chi connectivity index (χ4v) is 7.17. The summed E-state index contributed by atoms with van der Waals surface area (Å²) in [5.41, 5.74) is 0. The van der Waals surface area contributed by atoms with E-state index in [1.165, 1.54) is 51.4 Å². The van der Waals surface area contributed by atoms with Crippen LogP contribution in [0.4, 0.5) is 0 Å². The number of hydrogen-bond donors (Lipinski definition) is 4. The molecule has 0 amide bonds. The largest absolute Gasteiger partial charge is 0.457 e. The number of hydrogen-bond acceptors (Lipinski definition) is 11. The molecule has 1 fully saturated rings. The number of aliphatic hydroxyl groups is 3. The molecule has 0 spiro atoms. The summed E-state index contributed by atoms with van der Waals surface area (Å²) in [4.78, 5) is 12.9. The minimum atomic E-state index is -5.07. The standard InChI is InChI=1S/C47H82O12S/c1-3-5-7-9-11-13-15-17-19-20-21-22-23-24-26-28-30-32-34-36-43(49)57-41(39-55-37-35-33-31-29-27-25-18-16-14-12-10-8-6-4-2)40-56-47-45(51)46(59-60(52,53)54)44(50)42(38-48)58-47/h5,7,11,13-14,16-17,19,21-22,41-42,44-48,50-51H,3-4,6,8-10,12,15,18,20,23-40H2,1-2H3,(H,52,53,54)/b7-5-,13-11-,16-14-,19-17-,22-21-. The maximum atomic E-state index is 12.9. The Labute approximate surface area is 363 Å². The quantitative estimate of drug-likeness (QED) is 0.0199. The zero-order valence-electron chi connectivity index (χ0n) is 37.0. The molecule has 1 aliphatic rings. The zero-order valence-corrected chi connectivity index (χ0v) is 37.8. The van der Waals surface area contributed by atoms with E-state index >= 15 is 0 Å². The highest BCUT2D eigenvalue weighted by Gasteiger charge is 2.48. The molecule has 0 saturated carbocycles. The summed E-state index contributed by atoms with van der Waals surface area (Å²) >= 11 is 0. The third-order valence-electron chi connectivity index (χ3n) is 10.1. The van der Waals surface area contributed by atoms with Crippen LogP contribution < -0.4 is 0 Å². The van der Waals surface area contributed by atoms with Gasteiger partial charge < -0.3 is 34.3 Å². The van der Waals surface area contributed by atoms with Crippen molar-refractivity contribution >= 4 is 16.4 Å². The van der Waals surface area contributed by atoms with Gasteiger partial charge in [-0.2, -0.15) is 8.42 Å². The predicted molar refractivity (Wildman–Crippen MR) is 239 cm³/mol. The molecule has 4 N–H and O–H groups in total. The summed E-state index contributed by atoms with van der Waals surface area (Å²) in [5.74, 6) is -0.417. The van der Waals surface area contributed by atoms with E-state index < -0.39 is 59.8 Å². The van der Waals surface area contributed by atoms with Crippen LogP contribution in [0.1, 0.15) is 168 Å². The second-order valence-corrected chi connectivity index (χ2v) is 16.7. The summed E-state index contributed by atoms with van der Waals surface area (Å²) in [6.45, 7) is 3.82. The number of allylic oxidation sites excluding steroid dienone is 10. The molecule has 12 nitrogen and oxygen atoms in total. The monoisotopic (exact) mass is 871 g/mol. The first-order valence-electron chi connectivity index (χ1n) is 23.0. The second kappa shape index (κ2) is 38.5. The van der Waals surface area contributed by atoms with E-state index in [-0.39, 0.29) is 19.6 Å². The van der Waals surface area contributed by atoms with Crippen molar-refractivity contribution in [3.05, 3.63) is 60.8 Å². The first-order chi connectivity index (χ1) is 29.1. The van der Waals surface area contributed by atoms with Crippen molar-refractivity contribution < 1.29 is 56.2 Å². The first-order valence-corrected chi connectivity index (χ1v) is 24.4. The van der Waals surface area contributed by atoms with Crippen LogP contribution in [-0.2, 0) is 38.3 Å². The lowest BCUT2D eigenvalue weighted by molar-refractivity contribution is -0.301. The van der Waals surface area contributed by atoms with Gasteiger partial charge in [-0.25, -0.2) is 4.18 Å². The Kier molecular flexibility index (Phi) is 35.8. The van der Waals surface area contributed by atoms with Crippen molar-refractivity contribution in [1.82, 2.24) is 0 Å². The van der Waals surface area contributed by atoms with Crippen LogP contribution in [0.15, 0.2) is 60.8 Å². The van der Waals surface area contributed by atoms with Crippen LogP contribution in [0, 0.1) is 0 Å². The van der Waals surface area contributed by atoms with Gasteiger partial charge in [-0.3, -0.25) is 9.35 Å². The van der Waals surface area contributed by atoms with E-state index in [9.17, 15) is 28.5 Å². The lowest BCUT2D eigenvalue weighted by atomic mass is 9.99. The SMILES string of the molecule is CC/C=C\C/C=C\C/C=C\C/C=C\CCCCCCCCC(=O)OC(COCCCCCCCC/C=C\CCCCCC)COC1OC(CO)C(O)C(OS(=O)(=O)O)C1O. The summed E-state index contributed by atoms with van der Waals surface area (Å²) in [5, 5.41) is 30.7. The maximum Gasteiger partial charge on any atom is 0.397 e. The van der Waals surface area contributed by atoms with Gasteiger partial charge in [-0.1, -0.05) is 145 Å². The van der Waals surface area contributed by atoms with Crippen molar-refractivity contribution in [2.45, 2.75) is 205 Å². The normalized spacial score (nSPS) is 20.8. The van der Waals surface area contributed by atoms with Gasteiger partial charge in [0.2, 0.25) is 0 Å². The van der Waals surface area contributed by atoms with E-state index in [4.69, 9.17) is 23.5 Å². The smallest absolute Gasteiger partial charge is 0.397 e. The molecule has 60 heavy (non-hydrogen) atoms. The van der Waals surface area contributed by atoms with Gasteiger partial charge in [0.1, 0.15) is 30.5 Å². The van der Waals surface area contributed by atoms with Crippen molar-refractivity contribution in [3.63, 3.8) is 0 Å². The second-order valence-electron chi connectivity index (χ2n) is 15.6. The Morgan fingerprint density at radius 2 is 1.15 bits per heavy atom. The molecular weight excluding hydrogens is 789 g/mol. The zero-order chi connectivity index (χ0) is 43.9. The summed E-state index contributed by atoms with van der Waals surface area (Å²) in [6.07, 6.45) is 38.2. The Balaban J connectivity index is 2.44. The molecular formula is C47H82O12S. The molecule has 1 saturated heterocycles.